The molecule has 1 atom stereocenters. The molecule has 0 saturated heterocycles. The van der Waals surface area contributed by atoms with Gasteiger partial charge < -0.3 is 15.4 Å². The first-order valence-corrected chi connectivity index (χ1v) is 7.44. The molecule has 0 bridgehead atoms. The number of nitrogens with one attached hydrogen (secondary N) is 2. The molecule has 0 aliphatic carbocycles. The number of carbonyl (C=O) groups is 2. The maximum atomic E-state index is 12.4. The first kappa shape index (κ1) is 16.8. The van der Waals surface area contributed by atoms with Crippen molar-refractivity contribution in [1.82, 2.24) is 0 Å². The second-order valence-electron chi connectivity index (χ2n) is 4.83. The highest BCUT2D eigenvalue weighted by atomic mass is 35.5. The molecule has 2 N–H and O–H groups in total. The van der Waals surface area contributed by atoms with Crippen LogP contribution in [0.4, 0.5) is 11.4 Å². The second kappa shape index (κ2) is 7.65. The van der Waals surface area contributed by atoms with Gasteiger partial charge in [0.15, 0.2) is 0 Å². The van der Waals surface area contributed by atoms with Gasteiger partial charge in [0.1, 0.15) is 11.1 Å². The van der Waals surface area contributed by atoms with E-state index in [9.17, 15) is 9.59 Å². The average molecular weight is 333 g/mol. The van der Waals surface area contributed by atoms with Gasteiger partial charge in [-0.3, -0.25) is 9.59 Å². The SMILES string of the molecule is COc1ccc(NC(=O)c2ccccc2NC(=O)[C@@H](C)Cl)cc1. The molecular formula is C17H17ClN2O3. The van der Waals surface area contributed by atoms with Crippen LogP contribution < -0.4 is 15.4 Å². The maximum Gasteiger partial charge on any atom is 0.257 e. The van der Waals surface area contributed by atoms with Crippen molar-refractivity contribution in [2.75, 3.05) is 17.7 Å². The van der Waals surface area contributed by atoms with Crippen LogP contribution in [0.5, 0.6) is 5.75 Å². The number of rotatable bonds is 5. The van der Waals surface area contributed by atoms with E-state index in [2.05, 4.69) is 10.6 Å². The van der Waals surface area contributed by atoms with Gasteiger partial charge in [-0.1, -0.05) is 12.1 Å². The summed E-state index contributed by atoms with van der Waals surface area (Å²) in [6.45, 7) is 1.57. The van der Waals surface area contributed by atoms with Gasteiger partial charge >= 0.3 is 0 Å². The molecule has 2 rings (SSSR count). The molecule has 0 unspecified atom stereocenters. The van der Waals surface area contributed by atoms with Crippen LogP contribution in [-0.2, 0) is 4.79 Å². The Balaban J connectivity index is 2.16. The third-order valence-electron chi connectivity index (χ3n) is 3.14. The summed E-state index contributed by atoms with van der Waals surface area (Å²) in [6.07, 6.45) is 0. The lowest BCUT2D eigenvalue weighted by Gasteiger charge is -2.12. The molecule has 0 radical (unpaired) electrons. The van der Waals surface area contributed by atoms with Gasteiger partial charge in [0.05, 0.1) is 18.4 Å². The minimum atomic E-state index is -0.687. The van der Waals surface area contributed by atoms with Crippen LogP contribution >= 0.6 is 11.6 Å². The molecule has 2 aromatic rings. The summed E-state index contributed by atoms with van der Waals surface area (Å²) < 4.78 is 5.07. The first-order valence-electron chi connectivity index (χ1n) is 7.00. The number of carbonyl (C=O) groups excluding carboxylic acids is 2. The zero-order valence-electron chi connectivity index (χ0n) is 12.8. The molecule has 0 aliphatic heterocycles. The molecular weight excluding hydrogens is 316 g/mol. The van der Waals surface area contributed by atoms with Gasteiger partial charge in [0.2, 0.25) is 5.91 Å². The highest BCUT2D eigenvalue weighted by Gasteiger charge is 2.15. The van der Waals surface area contributed by atoms with Crippen molar-refractivity contribution in [1.29, 1.82) is 0 Å². The normalized spacial score (nSPS) is 11.4. The largest absolute Gasteiger partial charge is 0.497 e. The average Bonchev–Trinajstić information content (AvgIpc) is 2.55. The Hall–Kier alpha value is -2.53. The summed E-state index contributed by atoms with van der Waals surface area (Å²) in [4.78, 5) is 24.1. The van der Waals surface area contributed by atoms with E-state index in [1.54, 1.807) is 62.6 Å². The minimum Gasteiger partial charge on any atom is -0.497 e. The lowest BCUT2D eigenvalue weighted by atomic mass is 10.1. The Labute approximate surface area is 139 Å². The summed E-state index contributed by atoms with van der Waals surface area (Å²) >= 11 is 5.74. The van der Waals surface area contributed by atoms with Gasteiger partial charge in [-0.25, -0.2) is 0 Å². The number of methoxy groups -OCH3 is 1. The molecule has 0 aliphatic rings. The van der Waals surface area contributed by atoms with Crippen molar-refractivity contribution in [3.8, 4) is 5.75 Å². The van der Waals surface area contributed by atoms with E-state index in [1.807, 2.05) is 0 Å². The maximum absolute atomic E-state index is 12.4. The van der Waals surface area contributed by atoms with Gasteiger partial charge in [-0.15, -0.1) is 11.6 Å². The number of para-hydroxylation sites is 1. The van der Waals surface area contributed by atoms with Crippen molar-refractivity contribution in [2.24, 2.45) is 0 Å². The number of hydrogen-bond acceptors (Lipinski definition) is 3. The highest BCUT2D eigenvalue weighted by Crippen LogP contribution is 2.20. The number of benzene rings is 2. The van der Waals surface area contributed by atoms with Crippen LogP contribution in [0.15, 0.2) is 48.5 Å². The fraction of sp³-hybridized carbons (Fsp3) is 0.176. The molecule has 0 spiro atoms. The van der Waals surface area contributed by atoms with Gasteiger partial charge in [-0.05, 0) is 43.3 Å². The second-order valence-corrected chi connectivity index (χ2v) is 5.49. The number of amides is 2. The molecule has 0 fully saturated rings. The molecule has 5 nitrogen and oxygen atoms in total. The molecule has 0 aromatic heterocycles. The third-order valence-corrected chi connectivity index (χ3v) is 3.34. The van der Waals surface area contributed by atoms with E-state index in [0.29, 0.717) is 22.7 Å². The number of alkyl halides is 1. The van der Waals surface area contributed by atoms with E-state index in [4.69, 9.17) is 16.3 Å². The zero-order chi connectivity index (χ0) is 16.8. The van der Waals surface area contributed by atoms with Crippen LogP contribution in [0.1, 0.15) is 17.3 Å². The fourth-order valence-corrected chi connectivity index (χ4v) is 1.95. The quantitative estimate of drug-likeness (QED) is 0.823. The van der Waals surface area contributed by atoms with Gasteiger partial charge in [0.25, 0.3) is 5.91 Å². The molecule has 23 heavy (non-hydrogen) atoms. The lowest BCUT2D eigenvalue weighted by molar-refractivity contribution is -0.115. The summed E-state index contributed by atoms with van der Waals surface area (Å²) in [5.74, 6) is 0.0106. The molecule has 2 amide bonds. The van der Waals surface area contributed by atoms with Gasteiger partial charge in [0, 0.05) is 5.69 Å². The minimum absolute atomic E-state index is 0.326. The summed E-state index contributed by atoms with van der Waals surface area (Å²) in [6, 6.07) is 13.7. The summed E-state index contributed by atoms with van der Waals surface area (Å²) in [5, 5.41) is 4.73. The van der Waals surface area contributed by atoms with E-state index in [0.717, 1.165) is 0 Å². The topological polar surface area (TPSA) is 67.4 Å². The number of hydrogen-bond donors (Lipinski definition) is 2. The van der Waals surface area contributed by atoms with Crippen LogP contribution in [-0.4, -0.2) is 24.3 Å². The smallest absolute Gasteiger partial charge is 0.257 e. The Morgan fingerprint density at radius 1 is 1.04 bits per heavy atom. The molecule has 120 valence electrons. The Kier molecular flexibility index (Phi) is 5.60. The first-order chi connectivity index (χ1) is 11.0. The Morgan fingerprint density at radius 2 is 1.70 bits per heavy atom. The predicted molar refractivity (Wildman–Crippen MR) is 91.3 cm³/mol. The van der Waals surface area contributed by atoms with Crippen LogP contribution in [0, 0.1) is 0 Å². The standard InChI is InChI=1S/C17H17ClN2O3/c1-11(18)16(21)20-15-6-4-3-5-14(15)17(22)19-12-7-9-13(23-2)10-8-12/h3-11H,1-2H3,(H,19,22)(H,20,21)/t11-/m1/s1. The van der Waals surface area contributed by atoms with Crippen LogP contribution in [0.25, 0.3) is 0 Å². The number of anilines is 2. The van der Waals surface area contributed by atoms with Crippen LogP contribution in [0.2, 0.25) is 0 Å². The van der Waals surface area contributed by atoms with Crippen molar-refractivity contribution in [3.05, 3.63) is 54.1 Å². The lowest BCUT2D eigenvalue weighted by Crippen LogP contribution is -2.23. The number of ether oxygens (including phenoxy) is 1. The van der Waals surface area contributed by atoms with E-state index in [-0.39, 0.29) is 11.8 Å². The Morgan fingerprint density at radius 3 is 2.30 bits per heavy atom. The predicted octanol–water partition coefficient (Wildman–Crippen LogP) is 3.51. The van der Waals surface area contributed by atoms with Crippen molar-refractivity contribution >= 4 is 34.8 Å². The molecule has 0 saturated carbocycles. The molecule has 6 heteroatoms. The zero-order valence-corrected chi connectivity index (χ0v) is 13.6. The molecule has 0 heterocycles. The van der Waals surface area contributed by atoms with Crippen molar-refractivity contribution < 1.29 is 14.3 Å². The number of halogens is 1. The van der Waals surface area contributed by atoms with Crippen molar-refractivity contribution in [3.63, 3.8) is 0 Å². The van der Waals surface area contributed by atoms with E-state index < -0.39 is 5.38 Å². The summed E-state index contributed by atoms with van der Waals surface area (Å²) in [5.41, 5.74) is 1.40. The Bertz CT molecular complexity index is 699. The monoisotopic (exact) mass is 332 g/mol. The van der Waals surface area contributed by atoms with E-state index >= 15 is 0 Å². The molecule has 2 aromatic carbocycles. The van der Waals surface area contributed by atoms with Crippen LogP contribution in [0.3, 0.4) is 0 Å². The highest BCUT2D eigenvalue weighted by molar-refractivity contribution is 6.32. The van der Waals surface area contributed by atoms with Gasteiger partial charge in [-0.2, -0.15) is 0 Å². The third kappa shape index (κ3) is 4.47. The van der Waals surface area contributed by atoms with E-state index in [1.165, 1.54) is 0 Å². The summed E-state index contributed by atoms with van der Waals surface area (Å²) in [7, 11) is 1.57. The fourth-order valence-electron chi connectivity index (χ4n) is 1.90. The van der Waals surface area contributed by atoms with Crippen molar-refractivity contribution in [2.45, 2.75) is 12.3 Å².